The lowest BCUT2D eigenvalue weighted by Crippen LogP contribution is -2.12. The molecule has 1 aromatic heterocycles. The molecule has 1 fully saturated rings. The average molecular weight is 252 g/mol. The van der Waals surface area contributed by atoms with E-state index in [9.17, 15) is 0 Å². The Kier molecular flexibility index (Phi) is 4.99. The van der Waals surface area contributed by atoms with Crippen LogP contribution in [0.3, 0.4) is 0 Å². The molecule has 3 heteroatoms. The Morgan fingerprint density at radius 2 is 2.12 bits per heavy atom. The summed E-state index contributed by atoms with van der Waals surface area (Å²) in [6.45, 7) is 3.09. The monoisotopic (exact) mass is 252 g/mol. The Labute approximate surface area is 109 Å². The fraction of sp³-hybridized carbons (Fsp3) is 0.786. The van der Waals surface area contributed by atoms with Crippen LogP contribution in [-0.2, 0) is 6.42 Å². The number of hydrogen-bond donors (Lipinski definition) is 1. The van der Waals surface area contributed by atoms with E-state index in [1.165, 1.54) is 42.8 Å². The SMILES string of the molecule is CCC1CCC(c2nc(CCCN)cs2)CC1. The van der Waals surface area contributed by atoms with Crippen LogP contribution in [0.5, 0.6) is 0 Å². The van der Waals surface area contributed by atoms with Crippen molar-refractivity contribution in [2.75, 3.05) is 6.54 Å². The van der Waals surface area contributed by atoms with Crippen molar-refractivity contribution in [2.24, 2.45) is 11.7 Å². The second kappa shape index (κ2) is 6.50. The first-order valence-electron chi connectivity index (χ1n) is 6.97. The molecule has 0 unspecified atom stereocenters. The zero-order chi connectivity index (χ0) is 12.1. The minimum absolute atomic E-state index is 0.745. The summed E-state index contributed by atoms with van der Waals surface area (Å²) in [6, 6.07) is 0. The molecule has 1 saturated carbocycles. The topological polar surface area (TPSA) is 38.9 Å². The summed E-state index contributed by atoms with van der Waals surface area (Å²) in [4.78, 5) is 4.79. The van der Waals surface area contributed by atoms with Gasteiger partial charge < -0.3 is 5.73 Å². The van der Waals surface area contributed by atoms with Crippen molar-refractivity contribution in [1.82, 2.24) is 4.98 Å². The molecule has 96 valence electrons. The van der Waals surface area contributed by atoms with Crippen molar-refractivity contribution in [1.29, 1.82) is 0 Å². The summed E-state index contributed by atoms with van der Waals surface area (Å²) in [6.07, 6.45) is 8.97. The molecule has 0 aliphatic heterocycles. The molecule has 2 nitrogen and oxygen atoms in total. The first kappa shape index (κ1) is 13.0. The van der Waals surface area contributed by atoms with Crippen LogP contribution in [-0.4, -0.2) is 11.5 Å². The minimum atomic E-state index is 0.745. The summed E-state index contributed by atoms with van der Waals surface area (Å²) >= 11 is 1.86. The molecule has 2 rings (SSSR count). The number of nitrogens with two attached hydrogens (primary N) is 1. The van der Waals surface area contributed by atoms with E-state index >= 15 is 0 Å². The molecule has 0 saturated heterocycles. The van der Waals surface area contributed by atoms with Gasteiger partial charge in [0.15, 0.2) is 0 Å². The number of thiazole rings is 1. The van der Waals surface area contributed by atoms with Crippen molar-refractivity contribution >= 4 is 11.3 Å². The first-order chi connectivity index (χ1) is 8.33. The summed E-state index contributed by atoms with van der Waals surface area (Å²) < 4.78 is 0. The second-order valence-electron chi connectivity index (χ2n) is 5.20. The molecule has 0 bridgehead atoms. The van der Waals surface area contributed by atoms with Crippen LogP contribution >= 0.6 is 11.3 Å². The Morgan fingerprint density at radius 3 is 2.76 bits per heavy atom. The smallest absolute Gasteiger partial charge is 0.0959 e. The summed E-state index contributed by atoms with van der Waals surface area (Å²) in [5, 5.41) is 3.61. The normalized spacial score (nSPS) is 25.1. The maximum Gasteiger partial charge on any atom is 0.0959 e. The van der Waals surface area contributed by atoms with Gasteiger partial charge in [0.25, 0.3) is 0 Å². The van der Waals surface area contributed by atoms with Crippen LogP contribution < -0.4 is 5.73 Å². The van der Waals surface area contributed by atoms with Crippen molar-refractivity contribution in [3.63, 3.8) is 0 Å². The molecule has 17 heavy (non-hydrogen) atoms. The molecule has 0 radical (unpaired) electrons. The zero-order valence-electron chi connectivity index (χ0n) is 10.8. The Hall–Kier alpha value is -0.410. The molecule has 0 atom stereocenters. The number of aromatic nitrogens is 1. The van der Waals surface area contributed by atoms with Crippen molar-refractivity contribution < 1.29 is 0 Å². The van der Waals surface area contributed by atoms with Crippen LogP contribution in [0.25, 0.3) is 0 Å². The third-order valence-corrected chi connectivity index (χ3v) is 5.04. The van der Waals surface area contributed by atoms with Crippen LogP contribution in [0.15, 0.2) is 5.38 Å². The molecule has 2 N–H and O–H groups in total. The van der Waals surface area contributed by atoms with E-state index in [-0.39, 0.29) is 0 Å². The van der Waals surface area contributed by atoms with Gasteiger partial charge in [0.1, 0.15) is 0 Å². The Balaban J connectivity index is 1.87. The Morgan fingerprint density at radius 1 is 1.35 bits per heavy atom. The van der Waals surface area contributed by atoms with E-state index in [1.54, 1.807) is 0 Å². The highest BCUT2D eigenvalue weighted by Crippen LogP contribution is 2.38. The number of aryl methyl sites for hydroxylation is 1. The highest BCUT2D eigenvalue weighted by atomic mass is 32.1. The minimum Gasteiger partial charge on any atom is -0.330 e. The summed E-state index contributed by atoms with van der Waals surface area (Å²) in [7, 11) is 0. The summed E-state index contributed by atoms with van der Waals surface area (Å²) in [5.74, 6) is 1.72. The maximum absolute atomic E-state index is 5.53. The van der Waals surface area contributed by atoms with Crippen LogP contribution in [0.4, 0.5) is 0 Å². The third-order valence-electron chi connectivity index (χ3n) is 3.98. The highest BCUT2D eigenvalue weighted by molar-refractivity contribution is 7.09. The first-order valence-corrected chi connectivity index (χ1v) is 7.85. The predicted octanol–water partition coefficient (Wildman–Crippen LogP) is 3.72. The van der Waals surface area contributed by atoms with Gasteiger partial charge in [-0.05, 0) is 51.0 Å². The molecule has 1 aliphatic rings. The summed E-state index contributed by atoms with van der Waals surface area (Å²) in [5.41, 5.74) is 6.79. The lowest BCUT2D eigenvalue weighted by atomic mass is 9.81. The van der Waals surface area contributed by atoms with Gasteiger partial charge >= 0.3 is 0 Å². The van der Waals surface area contributed by atoms with E-state index in [1.807, 2.05) is 11.3 Å². The maximum atomic E-state index is 5.53. The van der Waals surface area contributed by atoms with Gasteiger partial charge in [-0.2, -0.15) is 0 Å². The van der Waals surface area contributed by atoms with Crippen LogP contribution in [0.2, 0.25) is 0 Å². The van der Waals surface area contributed by atoms with Crippen LogP contribution in [0, 0.1) is 5.92 Å². The van der Waals surface area contributed by atoms with E-state index in [0.717, 1.165) is 31.2 Å². The van der Waals surface area contributed by atoms with Crippen molar-refractivity contribution in [2.45, 2.75) is 57.8 Å². The van der Waals surface area contributed by atoms with E-state index < -0.39 is 0 Å². The van der Waals surface area contributed by atoms with E-state index in [2.05, 4.69) is 12.3 Å². The van der Waals surface area contributed by atoms with E-state index in [0.29, 0.717) is 0 Å². The predicted molar refractivity (Wildman–Crippen MR) is 74.5 cm³/mol. The molecule has 1 aromatic rings. The van der Waals surface area contributed by atoms with Gasteiger partial charge in [-0.3, -0.25) is 0 Å². The lowest BCUT2D eigenvalue weighted by Gasteiger charge is -2.26. The number of nitrogens with zero attached hydrogens (tertiary/aromatic N) is 1. The quantitative estimate of drug-likeness (QED) is 0.867. The molecule has 0 spiro atoms. The van der Waals surface area contributed by atoms with Gasteiger partial charge in [0, 0.05) is 11.3 Å². The number of rotatable bonds is 5. The highest BCUT2D eigenvalue weighted by Gasteiger charge is 2.23. The van der Waals surface area contributed by atoms with Crippen LogP contribution in [0.1, 0.15) is 62.1 Å². The second-order valence-corrected chi connectivity index (χ2v) is 6.08. The molecule has 1 heterocycles. The number of hydrogen-bond acceptors (Lipinski definition) is 3. The standard InChI is InChI=1S/C14H24N2S/c1-2-11-5-7-12(8-6-11)14-16-13(10-17-14)4-3-9-15/h10-12H,2-9,15H2,1H3. The van der Waals surface area contributed by atoms with Crippen molar-refractivity contribution in [3.05, 3.63) is 16.1 Å². The molecule has 0 amide bonds. The molecule has 0 aromatic carbocycles. The van der Waals surface area contributed by atoms with Crippen molar-refractivity contribution in [3.8, 4) is 0 Å². The largest absolute Gasteiger partial charge is 0.330 e. The Bertz CT molecular complexity index is 327. The third kappa shape index (κ3) is 3.52. The zero-order valence-corrected chi connectivity index (χ0v) is 11.6. The fourth-order valence-corrected chi connectivity index (χ4v) is 3.75. The van der Waals surface area contributed by atoms with E-state index in [4.69, 9.17) is 10.7 Å². The van der Waals surface area contributed by atoms with Gasteiger partial charge in [-0.15, -0.1) is 11.3 Å². The van der Waals surface area contributed by atoms with Gasteiger partial charge in [0.2, 0.25) is 0 Å². The molecule has 1 aliphatic carbocycles. The molecular weight excluding hydrogens is 228 g/mol. The molecular formula is C14H24N2S. The average Bonchev–Trinajstić information content (AvgIpc) is 2.85. The fourth-order valence-electron chi connectivity index (χ4n) is 2.73. The van der Waals surface area contributed by atoms with Gasteiger partial charge in [0.05, 0.1) is 10.7 Å². The van der Waals surface area contributed by atoms with Gasteiger partial charge in [-0.1, -0.05) is 13.3 Å². The van der Waals surface area contributed by atoms with Gasteiger partial charge in [-0.25, -0.2) is 4.98 Å². The lowest BCUT2D eigenvalue weighted by molar-refractivity contribution is 0.318.